The van der Waals surface area contributed by atoms with Crippen molar-refractivity contribution in [2.75, 3.05) is 13.7 Å². The van der Waals surface area contributed by atoms with Gasteiger partial charge < -0.3 is 14.6 Å². The van der Waals surface area contributed by atoms with E-state index >= 15 is 0 Å². The predicted octanol–water partition coefficient (Wildman–Crippen LogP) is 2.95. The number of piperidine rings is 1. The van der Waals surface area contributed by atoms with Crippen LogP contribution in [0.3, 0.4) is 0 Å². The molecule has 1 amide bonds. The molecule has 1 saturated heterocycles. The Balaban J connectivity index is 1.95. The van der Waals surface area contributed by atoms with Crippen LogP contribution in [0.5, 0.6) is 0 Å². The third-order valence-corrected chi connectivity index (χ3v) is 4.79. The molecule has 3 rings (SSSR count). The van der Waals surface area contributed by atoms with Crippen molar-refractivity contribution in [2.24, 2.45) is 0 Å². The van der Waals surface area contributed by atoms with Crippen molar-refractivity contribution in [2.45, 2.75) is 39.2 Å². The Morgan fingerprint density at radius 3 is 2.78 bits per heavy atom. The summed E-state index contributed by atoms with van der Waals surface area (Å²) in [5.74, 6) is -0.423. The molecule has 5 nitrogen and oxygen atoms in total. The number of rotatable bonds is 2. The summed E-state index contributed by atoms with van der Waals surface area (Å²) in [5.41, 5.74) is 3.91. The zero-order chi connectivity index (χ0) is 16.6. The van der Waals surface area contributed by atoms with Crippen LogP contribution in [-0.4, -0.2) is 41.5 Å². The smallest absolute Gasteiger partial charge is 0.328 e. The van der Waals surface area contributed by atoms with Crippen LogP contribution in [0.2, 0.25) is 0 Å². The Bertz CT molecular complexity index is 763. The Kier molecular flexibility index (Phi) is 4.11. The van der Waals surface area contributed by atoms with Gasteiger partial charge in [0.15, 0.2) is 0 Å². The lowest BCUT2D eigenvalue weighted by Gasteiger charge is -2.33. The number of amides is 1. The summed E-state index contributed by atoms with van der Waals surface area (Å²) in [5, 5.41) is 1.06. The molecule has 1 atom stereocenters. The molecule has 1 aliphatic rings. The molecule has 0 aliphatic carbocycles. The molecule has 0 bridgehead atoms. The number of ether oxygens (including phenoxy) is 1. The number of nitrogens with one attached hydrogen (secondary N) is 1. The van der Waals surface area contributed by atoms with Crippen LogP contribution >= 0.6 is 0 Å². The molecule has 1 fully saturated rings. The molecule has 0 radical (unpaired) electrons. The summed E-state index contributed by atoms with van der Waals surface area (Å²) in [7, 11) is 1.37. The topological polar surface area (TPSA) is 62.4 Å². The van der Waals surface area contributed by atoms with Gasteiger partial charge in [-0.3, -0.25) is 4.79 Å². The fourth-order valence-corrected chi connectivity index (χ4v) is 3.32. The van der Waals surface area contributed by atoms with Gasteiger partial charge in [0.05, 0.1) is 7.11 Å². The Morgan fingerprint density at radius 2 is 2.04 bits per heavy atom. The fourth-order valence-electron chi connectivity index (χ4n) is 3.32. The number of hydrogen-bond donors (Lipinski definition) is 1. The number of methoxy groups -OCH3 is 1. The lowest BCUT2D eigenvalue weighted by molar-refractivity contribution is -0.147. The summed E-state index contributed by atoms with van der Waals surface area (Å²) in [6.07, 6.45) is 2.53. The van der Waals surface area contributed by atoms with E-state index in [9.17, 15) is 9.59 Å². The molecule has 1 aromatic heterocycles. The number of aromatic amines is 1. The molecule has 1 aliphatic heterocycles. The first kappa shape index (κ1) is 15.6. The second-order valence-corrected chi connectivity index (χ2v) is 6.17. The number of nitrogens with zero attached hydrogens (tertiary/aromatic N) is 1. The van der Waals surface area contributed by atoms with Gasteiger partial charge in [0, 0.05) is 28.7 Å². The van der Waals surface area contributed by atoms with E-state index in [-0.39, 0.29) is 11.9 Å². The van der Waals surface area contributed by atoms with E-state index < -0.39 is 6.04 Å². The maximum atomic E-state index is 12.9. The molecule has 1 N–H and O–H groups in total. The number of benzene rings is 1. The summed E-state index contributed by atoms with van der Waals surface area (Å²) in [6, 6.07) is 5.20. The third kappa shape index (κ3) is 2.71. The van der Waals surface area contributed by atoms with Gasteiger partial charge in [-0.05, 0) is 56.9 Å². The van der Waals surface area contributed by atoms with Gasteiger partial charge in [0.2, 0.25) is 0 Å². The van der Waals surface area contributed by atoms with E-state index in [1.165, 1.54) is 7.11 Å². The van der Waals surface area contributed by atoms with Crippen molar-refractivity contribution in [3.63, 3.8) is 0 Å². The standard InChI is InChI=1S/C18H22N2O3/c1-11-12(2)19-15-8-7-13(10-14(11)15)17(21)20-9-5-4-6-16(20)18(22)23-3/h7-8,10,16,19H,4-6,9H2,1-3H3. The highest BCUT2D eigenvalue weighted by atomic mass is 16.5. The molecule has 1 unspecified atom stereocenters. The Hall–Kier alpha value is -2.30. The molecular formula is C18H22N2O3. The molecule has 0 saturated carbocycles. The zero-order valence-electron chi connectivity index (χ0n) is 13.8. The normalized spacial score (nSPS) is 18.2. The van der Waals surface area contributed by atoms with Gasteiger partial charge in [-0.25, -0.2) is 4.79 Å². The average molecular weight is 314 g/mol. The third-order valence-electron chi connectivity index (χ3n) is 4.79. The number of carbonyl (C=O) groups is 2. The van der Waals surface area contributed by atoms with Crippen molar-refractivity contribution in [3.05, 3.63) is 35.0 Å². The van der Waals surface area contributed by atoms with E-state index in [0.29, 0.717) is 18.5 Å². The number of carbonyl (C=O) groups excluding carboxylic acids is 2. The van der Waals surface area contributed by atoms with E-state index in [4.69, 9.17) is 4.74 Å². The van der Waals surface area contributed by atoms with Crippen LogP contribution < -0.4 is 0 Å². The van der Waals surface area contributed by atoms with Crippen LogP contribution in [0.25, 0.3) is 10.9 Å². The highest BCUT2D eigenvalue weighted by Crippen LogP contribution is 2.25. The lowest BCUT2D eigenvalue weighted by atomic mass is 10.00. The summed E-state index contributed by atoms with van der Waals surface area (Å²) in [4.78, 5) is 29.8. The minimum atomic E-state index is -0.467. The first-order chi connectivity index (χ1) is 11.0. The van der Waals surface area contributed by atoms with Gasteiger partial charge in [0.1, 0.15) is 6.04 Å². The lowest BCUT2D eigenvalue weighted by Crippen LogP contribution is -2.48. The summed E-state index contributed by atoms with van der Waals surface area (Å²) >= 11 is 0. The van der Waals surface area contributed by atoms with Crippen LogP contribution in [-0.2, 0) is 9.53 Å². The highest BCUT2D eigenvalue weighted by molar-refractivity contribution is 6.00. The van der Waals surface area contributed by atoms with Crippen molar-refractivity contribution in [1.29, 1.82) is 0 Å². The molecule has 2 aromatic rings. The first-order valence-corrected chi connectivity index (χ1v) is 8.00. The Morgan fingerprint density at radius 1 is 1.26 bits per heavy atom. The second-order valence-electron chi connectivity index (χ2n) is 6.17. The monoisotopic (exact) mass is 314 g/mol. The maximum absolute atomic E-state index is 12.9. The minimum Gasteiger partial charge on any atom is -0.467 e. The van der Waals surface area contributed by atoms with Crippen LogP contribution in [0, 0.1) is 13.8 Å². The van der Waals surface area contributed by atoms with E-state index in [0.717, 1.165) is 35.0 Å². The number of hydrogen-bond acceptors (Lipinski definition) is 3. The zero-order valence-corrected chi connectivity index (χ0v) is 13.8. The SMILES string of the molecule is COC(=O)C1CCCCN1C(=O)c1ccc2[nH]c(C)c(C)c2c1. The number of likely N-dealkylation sites (tertiary alicyclic amines) is 1. The molecule has 23 heavy (non-hydrogen) atoms. The van der Waals surface area contributed by atoms with E-state index in [1.54, 1.807) is 4.90 Å². The molecule has 2 heterocycles. The largest absolute Gasteiger partial charge is 0.467 e. The number of fused-ring (bicyclic) bond motifs is 1. The van der Waals surface area contributed by atoms with Gasteiger partial charge >= 0.3 is 5.97 Å². The number of aromatic nitrogens is 1. The highest BCUT2D eigenvalue weighted by Gasteiger charge is 2.33. The summed E-state index contributed by atoms with van der Waals surface area (Å²) < 4.78 is 4.86. The number of esters is 1. The predicted molar refractivity (Wildman–Crippen MR) is 88.5 cm³/mol. The fraction of sp³-hybridized carbons (Fsp3) is 0.444. The van der Waals surface area contributed by atoms with Gasteiger partial charge in [0.25, 0.3) is 5.91 Å². The maximum Gasteiger partial charge on any atom is 0.328 e. The van der Waals surface area contributed by atoms with Crippen molar-refractivity contribution < 1.29 is 14.3 Å². The van der Waals surface area contributed by atoms with Crippen molar-refractivity contribution in [3.8, 4) is 0 Å². The quantitative estimate of drug-likeness (QED) is 0.867. The molecule has 5 heteroatoms. The number of aryl methyl sites for hydroxylation is 2. The summed E-state index contributed by atoms with van der Waals surface area (Å²) in [6.45, 7) is 4.66. The van der Waals surface area contributed by atoms with Gasteiger partial charge in [-0.2, -0.15) is 0 Å². The Labute approximate surface area is 135 Å². The first-order valence-electron chi connectivity index (χ1n) is 8.00. The molecule has 1 aromatic carbocycles. The van der Waals surface area contributed by atoms with Gasteiger partial charge in [-0.15, -0.1) is 0 Å². The average Bonchev–Trinajstić information content (AvgIpc) is 2.87. The van der Waals surface area contributed by atoms with Crippen molar-refractivity contribution >= 4 is 22.8 Å². The molecule has 0 spiro atoms. The number of H-pyrrole nitrogens is 1. The van der Waals surface area contributed by atoms with Crippen LogP contribution in [0.4, 0.5) is 0 Å². The van der Waals surface area contributed by atoms with Crippen LogP contribution in [0.1, 0.15) is 40.9 Å². The van der Waals surface area contributed by atoms with Crippen LogP contribution in [0.15, 0.2) is 18.2 Å². The molecular weight excluding hydrogens is 292 g/mol. The van der Waals surface area contributed by atoms with Crippen molar-refractivity contribution in [1.82, 2.24) is 9.88 Å². The molecule has 122 valence electrons. The second kappa shape index (κ2) is 6.07. The van der Waals surface area contributed by atoms with Gasteiger partial charge in [-0.1, -0.05) is 0 Å². The van der Waals surface area contributed by atoms with E-state index in [1.807, 2.05) is 32.0 Å². The minimum absolute atomic E-state index is 0.0970. The van der Waals surface area contributed by atoms with E-state index in [2.05, 4.69) is 4.98 Å².